The molecule has 0 bridgehead atoms. The molecular weight excluding hydrogens is 198 g/mol. The SMILES string of the molecule is NN1CCNCC1.NN1CCSCC1. The summed E-state index contributed by atoms with van der Waals surface area (Å²) < 4.78 is 0. The van der Waals surface area contributed by atoms with Crippen LogP contribution >= 0.6 is 11.8 Å². The molecule has 0 atom stereocenters. The lowest BCUT2D eigenvalue weighted by molar-refractivity contribution is 0.248. The highest BCUT2D eigenvalue weighted by atomic mass is 32.2. The molecule has 0 radical (unpaired) electrons. The van der Waals surface area contributed by atoms with E-state index < -0.39 is 0 Å². The van der Waals surface area contributed by atoms with Gasteiger partial charge in [-0.05, 0) is 0 Å². The van der Waals surface area contributed by atoms with Crippen LogP contribution in [0.3, 0.4) is 0 Å². The maximum Gasteiger partial charge on any atom is 0.0254 e. The number of hydrazine groups is 2. The number of hydrogen-bond donors (Lipinski definition) is 3. The first-order valence-corrected chi connectivity index (χ1v) is 6.22. The monoisotopic (exact) mass is 219 g/mol. The Bertz CT molecular complexity index is 118. The zero-order valence-corrected chi connectivity index (χ0v) is 9.43. The fraction of sp³-hybridized carbons (Fsp3) is 1.00. The Labute approximate surface area is 90.1 Å². The molecule has 2 aliphatic rings. The summed E-state index contributed by atoms with van der Waals surface area (Å²) in [5.74, 6) is 13.3. The lowest BCUT2D eigenvalue weighted by atomic mass is 10.4. The molecule has 6 heteroatoms. The lowest BCUT2D eigenvalue weighted by Gasteiger charge is -2.21. The van der Waals surface area contributed by atoms with E-state index in [9.17, 15) is 0 Å². The van der Waals surface area contributed by atoms with Gasteiger partial charge in [-0.25, -0.2) is 10.0 Å². The number of nitrogens with two attached hydrogens (primary N) is 2. The van der Waals surface area contributed by atoms with Crippen LogP contribution in [0.2, 0.25) is 0 Å². The van der Waals surface area contributed by atoms with Crippen molar-refractivity contribution in [3.63, 3.8) is 0 Å². The van der Waals surface area contributed by atoms with Crippen molar-refractivity contribution in [2.75, 3.05) is 50.8 Å². The third-order valence-corrected chi connectivity index (χ3v) is 3.14. The van der Waals surface area contributed by atoms with Gasteiger partial charge in [-0.1, -0.05) is 0 Å². The van der Waals surface area contributed by atoms with Crippen LogP contribution < -0.4 is 17.0 Å². The van der Waals surface area contributed by atoms with Crippen LogP contribution in [0, 0.1) is 0 Å². The van der Waals surface area contributed by atoms with E-state index in [-0.39, 0.29) is 0 Å². The largest absolute Gasteiger partial charge is 0.314 e. The van der Waals surface area contributed by atoms with Gasteiger partial charge in [0.1, 0.15) is 0 Å². The Morgan fingerprint density at radius 2 is 1.36 bits per heavy atom. The van der Waals surface area contributed by atoms with Crippen molar-refractivity contribution in [1.82, 2.24) is 15.3 Å². The molecule has 5 N–H and O–H groups in total. The van der Waals surface area contributed by atoms with Crippen LogP contribution in [0.1, 0.15) is 0 Å². The van der Waals surface area contributed by atoms with Gasteiger partial charge in [-0.15, -0.1) is 0 Å². The van der Waals surface area contributed by atoms with Crippen molar-refractivity contribution < 1.29 is 0 Å². The molecule has 84 valence electrons. The van der Waals surface area contributed by atoms with E-state index in [0.29, 0.717) is 0 Å². The molecule has 0 aliphatic carbocycles. The molecule has 2 aliphatic heterocycles. The second kappa shape index (κ2) is 7.44. The van der Waals surface area contributed by atoms with Crippen LogP contribution in [-0.4, -0.2) is 60.8 Å². The molecule has 0 aromatic rings. The standard InChI is InChI=1S/C4H11N3.C4H10N2S/c5-7-3-1-6-2-4-7;5-6-1-3-7-4-2-6/h6H,1-5H2;1-5H2. The van der Waals surface area contributed by atoms with Crippen molar-refractivity contribution in [2.24, 2.45) is 11.7 Å². The summed E-state index contributed by atoms with van der Waals surface area (Å²) in [7, 11) is 0. The minimum atomic E-state index is 0.986. The van der Waals surface area contributed by atoms with Crippen molar-refractivity contribution in [3.05, 3.63) is 0 Å². The molecule has 0 spiro atoms. The summed E-state index contributed by atoms with van der Waals surface area (Å²) in [5, 5.41) is 6.89. The van der Waals surface area contributed by atoms with Gasteiger partial charge in [0.2, 0.25) is 0 Å². The average Bonchev–Trinajstić information content (AvgIpc) is 2.21. The van der Waals surface area contributed by atoms with Crippen molar-refractivity contribution in [1.29, 1.82) is 0 Å². The first-order valence-electron chi connectivity index (χ1n) is 5.07. The number of rotatable bonds is 0. The topological polar surface area (TPSA) is 70.5 Å². The van der Waals surface area contributed by atoms with E-state index in [1.54, 1.807) is 0 Å². The van der Waals surface area contributed by atoms with Gasteiger partial charge < -0.3 is 5.32 Å². The quantitative estimate of drug-likeness (QED) is 0.439. The number of nitrogens with zero attached hydrogens (tertiary/aromatic N) is 2. The number of hydrogen-bond acceptors (Lipinski definition) is 6. The third kappa shape index (κ3) is 5.79. The van der Waals surface area contributed by atoms with E-state index in [0.717, 1.165) is 39.3 Å². The zero-order valence-electron chi connectivity index (χ0n) is 8.61. The minimum absolute atomic E-state index is 0.986. The normalized spacial score (nSPS) is 25.3. The van der Waals surface area contributed by atoms with E-state index in [1.807, 2.05) is 21.8 Å². The van der Waals surface area contributed by atoms with Gasteiger partial charge in [0.05, 0.1) is 0 Å². The summed E-state index contributed by atoms with van der Waals surface area (Å²) in [5.41, 5.74) is 0. The molecule has 5 nitrogen and oxygen atoms in total. The molecule has 2 heterocycles. The van der Waals surface area contributed by atoms with Crippen LogP contribution in [0.15, 0.2) is 0 Å². The first-order chi connectivity index (χ1) is 6.79. The maximum atomic E-state index is 5.45. The van der Waals surface area contributed by atoms with Gasteiger partial charge in [-0.3, -0.25) is 11.7 Å². The van der Waals surface area contributed by atoms with Crippen molar-refractivity contribution >= 4 is 11.8 Å². The van der Waals surface area contributed by atoms with E-state index in [4.69, 9.17) is 11.7 Å². The van der Waals surface area contributed by atoms with Crippen LogP contribution in [0.5, 0.6) is 0 Å². The number of nitrogens with one attached hydrogen (secondary N) is 1. The van der Waals surface area contributed by atoms with Gasteiger partial charge in [0.25, 0.3) is 0 Å². The van der Waals surface area contributed by atoms with Gasteiger partial charge >= 0.3 is 0 Å². The molecule has 14 heavy (non-hydrogen) atoms. The molecule has 2 fully saturated rings. The summed E-state index contributed by atoms with van der Waals surface area (Å²) >= 11 is 1.98. The van der Waals surface area contributed by atoms with Crippen LogP contribution in [0.4, 0.5) is 0 Å². The molecule has 2 saturated heterocycles. The van der Waals surface area contributed by atoms with Gasteiger partial charge in [-0.2, -0.15) is 11.8 Å². The smallest absolute Gasteiger partial charge is 0.0254 e. The van der Waals surface area contributed by atoms with Gasteiger partial charge in [0.15, 0.2) is 0 Å². The molecule has 0 aromatic carbocycles. The van der Waals surface area contributed by atoms with Crippen LogP contribution in [-0.2, 0) is 0 Å². The second-order valence-corrected chi connectivity index (χ2v) is 4.66. The Hall–Kier alpha value is 0.150. The molecule has 0 saturated carbocycles. The van der Waals surface area contributed by atoms with E-state index >= 15 is 0 Å². The Morgan fingerprint density at radius 3 is 1.64 bits per heavy atom. The molecule has 0 amide bonds. The number of piperazine rings is 1. The molecule has 0 aromatic heterocycles. The Morgan fingerprint density at radius 1 is 0.857 bits per heavy atom. The van der Waals surface area contributed by atoms with Gasteiger partial charge in [0, 0.05) is 50.8 Å². The summed E-state index contributed by atoms with van der Waals surface area (Å²) in [6, 6.07) is 0. The lowest BCUT2D eigenvalue weighted by Crippen LogP contribution is -2.47. The molecule has 0 unspecified atom stereocenters. The summed E-state index contributed by atoms with van der Waals surface area (Å²) in [6.45, 7) is 6.17. The number of thioether (sulfide) groups is 1. The highest BCUT2D eigenvalue weighted by Crippen LogP contribution is 2.04. The molecular formula is C8H21N5S. The zero-order chi connectivity index (χ0) is 10.2. The highest BCUT2D eigenvalue weighted by molar-refractivity contribution is 7.99. The van der Waals surface area contributed by atoms with Crippen LogP contribution in [0.25, 0.3) is 0 Å². The minimum Gasteiger partial charge on any atom is -0.314 e. The average molecular weight is 219 g/mol. The third-order valence-electron chi connectivity index (χ3n) is 2.20. The second-order valence-electron chi connectivity index (χ2n) is 3.43. The molecule has 2 rings (SSSR count). The Kier molecular flexibility index (Phi) is 6.50. The summed E-state index contributed by atoms with van der Waals surface area (Å²) in [4.78, 5) is 0. The van der Waals surface area contributed by atoms with Crippen molar-refractivity contribution in [2.45, 2.75) is 0 Å². The van der Waals surface area contributed by atoms with E-state index in [2.05, 4.69) is 5.32 Å². The predicted octanol–water partition coefficient (Wildman–Crippen LogP) is -1.33. The predicted molar refractivity (Wildman–Crippen MR) is 61.7 cm³/mol. The fourth-order valence-corrected chi connectivity index (χ4v) is 2.19. The Balaban J connectivity index is 0.000000140. The highest BCUT2D eigenvalue weighted by Gasteiger charge is 2.03. The fourth-order valence-electron chi connectivity index (χ4n) is 1.26. The first kappa shape index (κ1) is 12.2. The summed E-state index contributed by atoms with van der Waals surface area (Å²) in [6.07, 6.45) is 0. The van der Waals surface area contributed by atoms with Crippen molar-refractivity contribution in [3.8, 4) is 0 Å². The maximum absolute atomic E-state index is 5.45. The van der Waals surface area contributed by atoms with E-state index in [1.165, 1.54) is 11.5 Å².